The van der Waals surface area contributed by atoms with E-state index in [1.807, 2.05) is 93.7 Å². The molecule has 1 aliphatic heterocycles. The van der Waals surface area contributed by atoms with Crippen molar-refractivity contribution in [3.63, 3.8) is 0 Å². The number of amides is 1. The van der Waals surface area contributed by atoms with Gasteiger partial charge in [-0.2, -0.15) is 0 Å². The van der Waals surface area contributed by atoms with Crippen LogP contribution in [0.1, 0.15) is 44.2 Å². The largest absolute Gasteiger partial charge is 0.497 e. The van der Waals surface area contributed by atoms with E-state index in [0.29, 0.717) is 16.5 Å². The SMILES string of the molecule is COc1ccc(-n2cccc2[C@H]2[C@H](c3ccccn3)NC(=S)N2c2ccc(NC(=O)C(C)(C)C)c(OC)c2)cc1. The molecule has 2 aromatic carbocycles. The Labute approximate surface area is 239 Å². The van der Waals surface area contributed by atoms with Crippen molar-refractivity contribution >= 4 is 34.6 Å². The Morgan fingerprint density at radius 1 is 0.975 bits per heavy atom. The monoisotopic (exact) mass is 555 g/mol. The zero-order chi connectivity index (χ0) is 28.4. The third-order valence-electron chi connectivity index (χ3n) is 6.92. The summed E-state index contributed by atoms with van der Waals surface area (Å²) in [6, 6.07) is 23.2. The maximum Gasteiger partial charge on any atom is 0.229 e. The first-order chi connectivity index (χ1) is 19.2. The molecule has 9 heteroatoms. The number of hydrogen-bond acceptors (Lipinski definition) is 5. The van der Waals surface area contributed by atoms with E-state index in [-0.39, 0.29) is 18.0 Å². The summed E-state index contributed by atoms with van der Waals surface area (Å²) >= 11 is 5.93. The highest BCUT2D eigenvalue weighted by Gasteiger charge is 2.42. The van der Waals surface area contributed by atoms with Gasteiger partial charge >= 0.3 is 0 Å². The van der Waals surface area contributed by atoms with Gasteiger partial charge in [-0.25, -0.2) is 0 Å². The summed E-state index contributed by atoms with van der Waals surface area (Å²) in [5.74, 6) is 1.24. The van der Waals surface area contributed by atoms with Crippen LogP contribution in [0.5, 0.6) is 11.5 Å². The second-order valence-electron chi connectivity index (χ2n) is 10.6. The number of nitrogens with zero attached hydrogens (tertiary/aromatic N) is 3. The molecule has 0 spiro atoms. The smallest absolute Gasteiger partial charge is 0.229 e. The molecule has 1 amide bonds. The molecule has 1 saturated heterocycles. The number of methoxy groups -OCH3 is 2. The molecule has 2 N–H and O–H groups in total. The maximum atomic E-state index is 12.7. The molecule has 4 aromatic rings. The van der Waals surface area contributed by atoms with E-state index in [4.69, 9.17) is 21.7 Å². The highest BCUT2D eigenvalue weighted by Crippen LogP contribution is 2.44. The Kier molecular flexibility index (Phi) is 7.49. The first kappa shape index (κ1) is 27.2. The molecule has 0 saturated carbocycles. The fourth-order valence-corrected chi connectivity index (χ4v) is 5.14. The number of pyridine rings is 1. The lowest BCUT2D eigenvalue weighted by atomic mass is 9.95. The van der Waals surface area contributed by atoms with E-state index in [0.717, 1.165) is 28.5 Å². The van der Waals surface area contributed by atoms with Crippen molar-refractivity contribution in [3.05, 3.63) is 96.6 Å². The Hall–Kier alpha value is -4.37. The van der Waals surface area contributed by atoms with Gasteiger partial charge in [-0.15, -0.1) is 0 Å². The second-order valence-corrected chi connectivity index (χ2v) is 11.0. The Balaban J connectivity index is 1.60. The number of aromatic nitrogens is 2. The minimum absolute atomic E-state index is 0.0951. The van der Waals surface area contributed by atoms with Crippen LogP contribution in [-0.4, -0.2) is 34.8 Å². The zero-order valence-electron chi connectivity index (χ0n) is 23.2. The standard InChI is InChI=1S/C31H33N5O3S/c1-31(2,3)29(37)33-23-16-13-21(19-26(23)39-5)36-28(27(34-30(36)40)24-9-6-7-17-32-24)25-10-8-18-35(25)20-11-14-22(38-4)15-12-20/h6-19,27-28H,1-5H3,(H,33,37)(H,34,40)/t27-,28-/m0/s1. The lowest BCUT2D eigenvalue weighted by molar-refractivity contribution is -0.123. The molecule has 0 radical (unpaired) electrons. The van der Waals surface area contributed by atoms with Crippen LogP contribution in [0.4, 0.5) is 11.4 Å². The van der Waals surface area contributed by atoms with Gasteiger partial charge < -0.3 is 29.6 Å². The van der Waals surface area contributed by atoms with Gasteiger partial charge in [0.15, 0.2) is 5.11 Å². The number of thiocarbonyl (C=S) groups is 1. The molecule has 5 rings (SSSR count). The van der Waals surface area contributed by atoms with Crippen molar-refractivity contribution in [1.29, 1.82) is 0 Å². The van der Waals surface area contributed by atoms with Gasteiger partial charge in [0.25, 0.3) is 0 Å². The van der Waals surface area contributed by atoms with Gasteiger partial charge in [0.05, 0.1) is 31.6 Å². The van der Waals surface area contributed by atoms with Gasteiger partial charge in [0, 0.05) is 40.9 Å². The molecule has 1 fully saturated rings. The van der Waals surface area contributed by atoms with Crippen LogP contribution >= 0.6 is 12.2 Å². The van der Waals surface area contributed by atoms with Gasteiger partial charge in [-0.05, 0) is 72.9 Å². The predicted octanol–water partition coefficient (Wildman–Crippen LogP) is 6.05. The van der Waals surface area contributed by atoms with Crippen molar-refractivity contribution in [1.82, 2.24) is 14.9 Å². The van der Waals surface area contributed by atoms with Crippen molar-refractivity contribution in [2.24, 2.45) is 5.41 Å². The number of nitrogens with one attached hydrogen (secondary N) is 2. The molecule has 2 atom stereocenters. The summed E-state index contributed by atoms with van der Waals surface area (Å²) in [6.07, 6.45) is 3.83. The van der Waals surface area contributed by atoms with Crippen LogP contribution < -0.4 is 25.0 Å². The number of ether oxygens (including phenoxy) is 2. The van der Waals surface area contributed by atoms with Crippen molar-refractivity contribution < 1.29 is 14.3 Å². The van der Waals surface area contributed by atoms with E-state index in [1.165, 1.54) is 0 Å². The van der Waals surface area contributed by atoms with Gasteiger partial charge in [-0.1, -0.05) is 26.8 Å². The first-order valence-electron chi connectivity index (χ1n) is 13.0. The van der Waals surface area contributed by atoms with E-state index in [9.17, 15) is 4.79 Å². The third-order valence-corrected chi connectivity index (χ3v) is 7.24. The minimum Gasteiger partial charge on any atom is -0.497 e. The van der Waals surface area contributed by atoms with Crippen molar-refractivity contribution in [3.8, 4) is 17.2 Å². The number of benzene rings is 2. The zero-order valence-corrected chi connectivity index (χ0v) is 24.0. The number of rotatable bonds is 7. The molecular formula is C31H33N5O3S. The van der Waals surface area contributed by atoms with Crippen LogP contribution in [0.2, 0.25) is 0 Å². The molecule has 206 valence electrons. The van der Waals surface area contributed by atoms with E-state index in [1.54, 1.807) is 20.4 Å². The van der Waals surface area contributed by atoms with Crippen LogP contribution in [0.3, 0.4) is 0 Å². The highest BCUT2D eigenvalue weighted by atomic mass is 32.1. The lowest BCUT2D eigenvalue weighted by Crippen LogP contribution is -2.30. The quantitative estimate of drug-likeness (QED) is 0.269. The van der Waals surface area contributed by atoms with Gasteiger partial charge in [0.1, 0.15) is 17.5 Å². The molecule has 2 aromatic heterocycles. The molecule has 0 aliphatic carbocycles. The number of anilines is 2. The molecule has 40 heavy (non-hydrogen) atoms. The Morgan fingerprint density at radius 3 is 2.38 bits per heavy atom. The number of hydrogen-bond donors (Lipinski definition) is 2. The number of carbonyl (C=O) groups is 1. The molecule has 1 aliphatic rings. The van der Waals surface area contributed by atoms with Crippen LogP contribution in [-0.2, 0) is 4.79 Å². The summed E-state index contributed by atoms with van der Waals surface area (Å²) in [5, 5.41) is 7.06. The first-order valence-corrected chi connectivity index (χ1v) is 13.4. The summed E-state index contributed by atoms with van der Waals surface area (Å²) in [7, 11) is 3.25. The molecule has 0 unspecified atom stereocenters. The highest BCUT2D eigenvalue weighted by molar-refractivity contribution is 7.80. The Morgan fingerprint density at radius 2 is 1.73 bits per heavy atom. The molecule has 3 heterocycles. The van der Waals surface area contributed by atoms with E-state index in [2.05, 4.69) is 31.2 Å². The van der Waals surface area contributed by atoms with Gasteiger partial charge in [0.2, 0.25) is 5.91 Å². The minimum atomic E-state index is -0.544. The average Bonchev–Trinajstić information content (AvgIpc) is 3.57. The van der Waals surface area contributed by atoms with Crippen molar-refractivity contribution in [2.75, 3.05) is 24.4 Å². The fourth-order valence-electron chi connectivity index (χ4n) is 4.79. The van der Waals surface area contributed by atoms with Crippen molar-refractivity contribution in [2.45, 2.75) is 32.9 Å². The summed E-state index contributed by atoms with van der Waals surface area (Å²) in [6.45, 7) is 5.62. The van der Waals surface area contributed by atoms with Crippen LogP contribution in [0.15, 0.2) is 85.2 Å². The summed E-state index contributed by atoms with van der Waals surface area (Å²) in [5.41, 5.74) is 3.78. The maximum absolute atomic E-state index is 12.7. The fraction of sp³-hybridized carbons (Fsp3) is 0.258. The predicted molar refractivity (Wildman–Crippen MR) is 161 cm³/mol. The third kappa shape index (κ3) is 5.24. The average molecular weight is 556 g/mol. The van der Waals surface area contributed by atoms with Crippen LogP contribution in [0.25, 0.3) is 5.69 Å². The normalized spacial score (nSPS) is 16.9. The summed E-state index contributed by atoms with van der Waals surface area (Å²) < 4.78 is 13.2. The van der Waals surface area contributed by atoms with Crippen LogP contribution in [0, 0.1) is 5.41 Å². The topological polar surface area (TPSA) is 80.7 Å². The molecule has 8 nitrogen and oxygen atoms in total. The summed E-state index contributed by atoms with van der Waals surface area (Å²) in [4.78, 5) is 19.4. The number of carbonyl (C=O) groups excluding carboxylic acids is 1. The molecule has 0 bridgehead atoms. The van der Waals surface area contributed by atoms with E-state index < -0.39 is 5.41 Å². The lowest BCUT2D eigenvalue weighted by Gasteiger charge is -2.29. The molecular weight excluding hydrogens is 522 g/mol. The Bertz CT molecular complexity index is 1510. The second kappa shape index (κ2) is 11.0. The van der Waals surface area contributed by atoms with Gasteiger partial charge in [-0.3, -0.25) is 9.78 Å². The van der Waals surface area contributed by atoms with E-state index >= 15 is 0 Å².